The van der Waals surface area contributed by atoms with Crippen molar-refractivity contribution in [1.29, 1.82) is 0 Å². The molecule has 3 rings (SSSR count). The normalized spacial score (nSPS) is 50.0. The van der Waals surface area contributed by atoms with Crippen LogP contribution in [0.2, 0.25) is 0 Å². The van der Waals surface area contributed by atoms with Crippen molar-refractivity contribution in [2.75, 3.05) is 12.8 Å². The van der Waals surface area contributed by atoms with Crippen LogP contribution in [0.5, 0.6) is 0 Å². The van der Waals surface area contributed by atoms with Crippen molar-refractivity contribution in [3.05, 3.63) is 0 Å². The Morgan fingerprint density at radius 2 is 1.68 bits per heavy atom. The van der Waals surface area contributed by atoms with Gasteiger partial charge in [0.15, 0.2) is 17.4 Å². The van der Waals surface area contributed by atoms with Crippen molar-refractivity contribution in [2.24, 2.45) is 0 Å². The number of hydrogen-bond acceptors (Lipinski definition) is 7. The first-order chi connectivity index (χ1) is 10.1. The highest BCUT2D eigenvalue weighted by molar-refractivity contribution is 7.59. The Bertz CT molecular complexity index is 492. The van der Waals surface area contributed by atoms with Crippen molar-refractivity contribution < 1.29 is 33.1 Å². The van der Waals surface area contributed by atoms with Crippen molar-refractivity contribution in [3.63, 3.8) is 0 Å². The van der Waals surface area contributed by atoms with Gasteiger partial charge in [0.05, 0.1) is 6.61 Å². The minimum absolute atomic E-state index is 0.231. The van der Waals surface area contributed by atoms with Crippen LogP contribution in [0.15, 0.2) is 0 Å². The van der Waals surface area contributed by atoms with E-state index in [1.165, 1.54) is 0 Å². The first-order valence-corrected chi connectivity index (χ1v) is 9.57. The predicted octanol–water partition coefficient (Wildman–Crippen LogP) is 1.67. The third-order valence-electron chi connectivity index (χ3n) is 4.32. The van der Waals surface area contributed by atoms with Gasteiger partial charge in [-0.1, -0.05) is 6.92 Å². The molecule has 0 aliphatic carbocycles. The van der Waals surface area contributed by atoms with Gasteiger partial charge in [0, 0.05) is 6.16 Å². The number of hydrogen-bond donors (Lipinski definition) is 1. The summed E-state index contributed by atoms with van der Waals surface area (Å²) < 4.78 is 41.8. The lowest BCUT2D eigenvalue weighted by Crippen LogP contribution is -2.54. The highest BCUT2D eigenvalue weighted by Gasteiger charge is 2.61. The van der Waals surface area contributed by atoms with Gasteiger partial charge in [-0.3, -0.25) is 4.57 Å². The van der Waals surface area contributed by atoms with Crippen LogP contribution in [0, 0.1) is 0 Å². The molecule has 128 valence electrons. The molecule has 0 saturated carbocycles. The molecule has 0 aromatic rings. The van der Waals surface area contributed by atoms with E-state index in [-0.39, 0.29) is 6.16 Å². The molecule has 0 aromatic heterocycles. The highest BCUT2D eigenvalue weighted by Crippen LogP contribution is 2.60. The molecule has 3 aliphatic rings. The highest BCUT2D eigenvalue weighted by atomic mass is 31.2. The first-order valence-electron chi connectivity index (χ1n) is 7.69. The van der Waals surface area contributed by atoms with E-state index in [1.807, 2.05) is 13.8 Å². The van der Waals surface area contributed by atoms with Crippen LogP contribution in [0.1, 0.15) is 34.6 Å². The molecule has 3 saturated heterocycles. The molecule has 0 aromatic carbocycles. The topological polar surface area (TPSA) is 83.5 Å². The average molecular weight is 336 g/mol. The zero-order chi connectivity index (χ0) is 16.3. The van der Waals surface area contributed by atoms with Crippen LogP contribution >= 0.6 is 7.37 Å². The van der Waals surface area contributed by atoms with E-state index >= 15 is 0 Å². The molecule has 0 bridgehead atoms. The van der Waals surface area contributed by atoms with Gasteiger partial charge in [-0.25, -0.2) is 0 Å². The maximum Gasteiger partial charge on any atom is 0.233 e. The van der Waals surface area contributed by atoms with Crippen LogP contribution in [-0.4, -0.2) is 59.7 Å². The average Bonchev–Trinajstić information content (AvgIpc) is 2.93. The zero-order valence-corrected chi connectivity index (χ0v) is 14.5. The fourth-order valence-electron chi connectivity index (χ4n) is 3.27. The Balaban J connectivity index is 1.90. The standard InChI is InChI=1S/C14H25O7P/c1-6-22(16)12(15)11-10(19-14(4,5)20-11)9(21-22)8-7-17-13(2,3)18-8/h8-12,15H,6-7H2,1-5H3/t8-,9-,10+,11+,12-,22+/m1/s1. The molecule has 3 fully saturated rings. The summed E-state index contributed by atoms with van der Waals surface area (Å²) in [5.74, 6) is -2.77. The third kappa shape index (κ3) is 2.77. The van der Waals surface area contributed by atoms with Crippen LogP contribution < -0.4 is 0 Å². The van der Waals surface area contributed by atoms with Crippen molar-refractivity contribution >= 4 is 7.37 Å². The second-order valence-electron chi connectivity index (χ2n) is 6.96. The minimum Gasteiger partial charge on any atom is -0.380 e. The number of rotatable bonds is 2. The largest absolute Gasteiger partial charge is 0.380 e. The first kappa shape index (κ1) is 16.8. The fourth-order valence-corrected chi connectivity index (χ4v) is 5.27. The summed E-state index contributed by atoms with van der Waals surface area (Å²) in [6, 6.07) is 0. The summed E-state index contributed by atoms with van der Waals surface area (Å²) in [5.41, 5.74) is 0. The quantitative estimate of drug-likeness (QED) is 0.768. The van der Waals surface area contributed by atoms with E-state index in [0.717, 1.165) is 0 Å². The van der Waals surface area contributed by atoms with E-state index in [0.29, 0.717) is 6.61 Å². The molecule has 3 heterocycles. The fraction of sp³-hybridized carbons (Fsp3) is 1.00. The molecule has 0 spiro atoms. The number of ether oxygens (including phenoxy) is 4. The lowest BCUT2D eigenvalue weighted by atomic mass is 10.0. The minimum atomic E-state index is -3.25. The molecule has 22 heavy (non-hydrogen) atoms. The van der Waals surface area contributed by atoms with E-state index in [4.69, 9.17) is 23.5 Å². The lowest BCUT2D eigenvalue weighted by molar-refractivity contribution is -0.174. The second kappa shape index (κ2) is 5.24. The molecule has 8 heteroatoms. The Morgan fingerprint density at radius 1 is 1.05 bits per heavy atom. The van der Waals surface area contributed by atoms with Gasteiger partial charge in [-0.15, -0.1) is 0 Å². The molecular weight excluding hydrogens is 311 g/mol. The van der Waals surface area contributed by atoms with Crippen LogP contribution in [0.3, 0.4) is 0 Å². The van der Waals surface area contributed by atoms with E-state index in [9.17, 15) is 9.67 Å². The van der Waals surface area contributed by atoms with Crippen molar-refractivity contribution in [3.8, 4) is 0 Å². The monoisotopic (exact) mass is 336 g/mol. The second-order valence-corrected chi connectivity index (χ2v) is 9.78. The Morgan fingerprint density at radius 3 is 2.23 bits per heavy atom. The van der Waals surface area contributed by atoms with Crippen molar-refractivity contribution in [2.45, 2.75) is 76.5 Å². The van der Waals surface area contributed by atoms with Crippen LogP contribution in [-0.2, 0) is 28.0 Å². The van der Waals surface area contributed by atoms with Gasteiger partial charge in [0.25, 0.3) is 0 Å². The third-order valence-corrected chi connectivity index (χ3v) is 6.90. The summed E-state index contributed by atoms with van der Waals surface area (Å²) >= 11 is 0. The Labute approximate surface area is 130 Å². The summed E-state index contributed by atoms with van der Waals surface area (Å²) in [7, 11) is -3.25. The number of aliphatic hydroxyl groups is 1. The van der Waals surface area contributed by atoms with E-state index < -0.39 is 49.2 Å². The summed E-state index contributed by atoms with van der Waals surface area (Å²) in [6.45, 7) is 9.22. The predicted molar refractivity (Wildman–Crippen MR) is 77.8 cm³/mol. The van der Waals surface area contributed by atoms with Gasteiger partial charge < -0.3 is 28.6 Å². The molecule has 3 aliphatic heterocycles. The molecule has 1 N–H and O–H groups in total. The maximum absolute atomic E-state index is 12.9. The SMILES string of the molecule is CC[P@]1(=O)O[C@H]([C@H]2COC(C)(C)O2)[C@@H]2OC(C)(C)O[C@@H]2[C@@H]1O. The smallest absolute Gasteiger partial charge is 0.233 e. The van der Waals surface area contributed by atoms with E-state index in [1.54, 1.807) is 20.8 Å². The van der Waals surface area contributed by atoms with Gasteiger partial charge in [0.1, 0.15) is 24.4 Å². The summed E-state index contributed by atoms with van der Waals surface area (Å²) in [4.78, 5) is 0. The molecule has 7 nitrogen and oxygen atoms in total. The molecular formula is C14H25O7P. The Hall–Kier alpha value is -0.0100. The maximum atomic E-state index is 12.9. The number of fused-ring (bicyclic) bond motifs is 1. The molecule has 0 unspecified atom stereocenters. The molecule has 6 atom stereocenters. The van der Waals surface area contributed by atoms with Gasteiger partial charge in [-0.2, -0.15) is 0 Å². The van der Waals surface area contributed by atoms with Crippen molar-refractivity contribution in [1.82, 2.24) is 0 Å². The van der Waals surface area contributed by atoms with Gasteiger partial charge in [0.2, 0.25) is 7.37 Å². The lowest BCUT2D eigenvalue weighted by Gasteiger charge is -2.41. The van der Waals surface area contributed by atoms with Crippen LogP contribution in [0.4, 0.5) is 0 Å². The summed E-state index contributed by atoms with van der Waals surface area (Å²) in [6.07, 6.45) is -2.00. The van der Waals surface area contributed by atoms with Gasteiger partial charge in [-0.05, 0) is 27.7 Å². The van der Waals surface area contributed by atoms with E-state index in [2.05, 4.69) is 0 Å². The van der Waals surface area contributed by atoms with Gasteiger partial charge >= 0.3 is 0 Å². The molecule has 0 amide bonds. The summed E-state index contributed by atoms with van der Waals surface area (Å²) in [5, 5.41) is 10.4. The number of aliphatic hydroxyl groups excluding tert-OH is 1. The Kier molecular flexibility index (Phi) is 4.01. The van der Waals surface area contributed by atoms with Crippen LogP contribution in [0.25, 0.3) is 0 Å². The zero-order valence-electron chi connectivity index (χ0n) is 13.6. The molecule has 0 radical (unpaired) electrons.